The number of hydrogen-bond acceptors (Lipinski definition) is 4. The summed E-state index contributed by atoms with van der Waals surface area (Å²) in [6, 6.07) is 8.39. The van der Waals surface area contributed by atoms with E-state index in [2.05, 4.69) is 4.98 Å². The molecule has 0 radical (unpaired) electrons. The molecule has 0 aliphatic heterocycles. The van der Waals surface area contributed by atoms with E-state index >= 15 is 0 Å². The third kappa shape index (κ3) is 3.47. The number of pyridine rings is 1. The van der Waals surface area contributed by atoms with Gasteiger partial charge in [-0.15, -0.1) is 0 Å². The first kappa shape index (κ1) is 13.9. The van der Waals surface area contributed by atoms with E-state index in [0.717, 1.165) is 5.56 Å². The first-order valence-corrected chi connectivity index (χ1v) is 6.22. The van der Waals surface area contributed by atoms with E-state index < -0.39 is 5.97 Å². The van der Waals surface area contributed by atoms with Gasteiger partial charge in [0.05, 0.1) is 6.61 Å². The topological polar surface area (TPSA) is 68.7 Å². The van der Waals surface area contributed by atoms with Crippen molar-refractivity contribution < 1.29 is 19.4 Å². The maximum Gasteiger partial charge on any atom is 0.339 e. The van der Waals surface area contributed by atoms with Crippen LogP contribution in [0.3, 0.4) is 0 Å². The second kappa shape index (κ2) is 6.56. The average Bonchev–Trinajstić information content (AvgIpc) is 2.47. The Kier molecular flexibility index (Phi) is 4.55. The predicted molar refractivity (Wildman–Crippen MR) is 73.1 cm³/mol. The van der Waals surface area contributed by atoms with Gasteiger partial charge in [-0.3, -0.25) is 4.98 Å². The highest BCUT2D eigenvalue weighted by Crippen LogP contribution is 2.25. The molecule has 0 spiro atoms. The van der Waals surface area contributed by atoms with Crippen LogP contribution in [0.15, 0.2) is 42.7 Å². The maximum absolute atomic E-state index is 11.2. The Balaban J connectivity index is 2.16. The van der Waals surface area contributed by atoms with Gasteiger partial charge in [0.25, 0.3) is 0 Å². The van der Waals surface area contributed by atoms with Gasteiger partial charge in [-0.25, -0.2) is 4.79 Å². The number of hydrogen-bond donors (Lipinski definition) is 1. The Labute approximate surface area is 116 Å². The molecular weight excluding hydrogens is 258 g/mol. The molecule has 0 atom stereocenters. The Morgan fingerprint density at radius 1 is 1.20 bits per heavy atom. The first-order valence-electron chi connectivity index (χ1n) is 6.22. The van der Waals surface area contributed by atoms with E-state index in [1.807, 2.05) is 19.1 Å². The summed E-state index contributed by atoms with van der Waals surface area (Å²) in [5.74, 6) is -0.213. The number of aromatic carboxylic acids is 1. The molecule has 0 unspecified atom stereocenters. The van der Waals surface area contributed by atoms with E-state index in [0.29, 0.717) is 18.1 Å². The molecule has 5 nitrogen and oxygen atoms in total. The van der Waals surface area contributed by atoms with Crippen molar-refractivity contribution in [2.75, 3.05) is 6.61 Å². The van der Waals surface area contributed by atoms with Gasteiger partial charge in [-0.05, 0) is 42.8 Å². The molecule has 0 saturated heterocycles. The lowest BCUT2D eigenvalue weighted by atomic mass is 10.2. The van der Waals surface area contributed by atoms with E-state index in [-0.39, 0.29) is 12.2 Å². The minimum Gasteiger partial charge on any atom is -0.494 e. The van der Waals surface area contributed by atoms with E-state index in [4.69, 9.17) is 9.47 Å². The molecule has 1 aromatic carbocycles. The fourth-order valence-corrected chi connectivity index (χ4v) is 1.70. The highest BCUT2D eigenvalue weighted by Gasteiger charge is 2.13. The van der Waals surface area contributed by atoms with Gasteiger partial charge in [0.15, 0.2) is 0 Å². The van der Waals surface area contributed by atoms with Gasteiger partial charge < -0.3 is 14.6 Å². The van der Waals surface area contributed by atoms with Gasteiger partial charge >= 0.3 is 5.97 Å². The molecule has 104 valence electrons. The molecule has 0 bridgehead atoms. The number of nitrogens with zero attached hydrogens (tertiary/aromatic N) is 1. The maximum atomic E-state index is 11.2. The van der Waals surface area contributed by atoms with Crippen LogP contribution in [0.1, 0.15) is 22.8 Å². The largest absolute Gasteiger partial charge is 0.494 e. The van der Waals surface area contributed by atoms with E-state index in [1.54, 1.807) is 24.5 Å². The number of carboxylic acid groups (broad SMARTS) is 1. The Hall–Kier alpha value is -2.56. The number of aromatic nitrogens is 1. The number of benzene rings is 1. The van der Waals surface area contributed by atoms with E-state index in [1.165, 1.54) is 6.07 Å². The standard InChI is InChI=1S/C15H15NO4/c1-2-19-12-3-4-14(13(9-12)15(17)18)20-10-11-5-7-16-8-6-11/h3-9H,2,10H2,1H3,(H,17,18). The SMILES string of the molecule is CCOc1ccc(OCc2ccncc2)c(C(=O)O)c1. The van der Waals surface area contributed by atoms with Crippen LogP contribution in [0.25, 0.3) is 0 Å². The number of carboxylic acids is 1. The van der Waals surface area contributed by atoms with Crippen LogP contribution in [-0.2, 0) is 6.61 Å². The monoisotopic (exact) mass is 273 g/mol. The van der Waals surface area contributed by atoms with Gasteiger partial charge in [0.1, 0.15) is 23.7 Å². The second-order valence-electron chi connectivity index (χ2n) is 4.04. The summed E-state index contributed by atoms with van der Waals surface area (Å²) in [7, 11) is 0. The molecule has 1 aromatic heterocycles. The third-order valence-corrected chi connectivity index (χ3v) is 2.64. The van der Waals surface area contributed by atoms with Crippen molar-refractivity contribution in [2.45, 2.75) is 13.5 Å². The van der Waals surface area contributed by atoms with Crippen LogP contribution >= 0.6 is 0 Å². The highest BCUT2D eigenvalue weighted by molar-refractivity contribution is 5.91. The Morgan fingerprint density at radius 3 is 2.60 bits per heavy atom. The number of rotatable bonds is 6. The van der Waals surface area contributed by atoms with Gasteiger partial charge in [-0.1, -0.05) is 0 Å². The zero-order valence-corrected chi connectivity index (χ0v) is 11.1. The molecule has 0 aliphatic carbocycles. The van der Waals surface area contributed by atoms with Crippen molar-refractivity contribution in [1.82, 2.24) is 4.98 Å². The first-order chi connectivity index (χ1) is 9.70. The summed E-state index contributed by atoms with van der Waals surface area (Å²) in [4.78, 5) is 15.2. The Bertz CT molecular complexity index is 584. The second-order valence-corrected chi connectivity index (χ2v) is 4.04. The molecule has 20 heavy (non-hydrogen) atoms. The van der Waals surface area contributed by atoms with Crippen LogP contribution < -0.4 is 9.47 Å². The molecule has 0 fully saturated rings. The average molecular weight is 273 g/mol. The molecule has 0 aliphatic rings. The zero-order chi connectivity index (χ0) is 14.4. The van der Waals surface area contributed by atoms with Gasteiger partial charge in [-0.2, -0.15) is 0 Å². The van der Waals surface area contributed by atoms with Gasteiger partial charge in [0, 0.05) is 12.4 Å². The van der Waals surface area contributed by atoms with Crippen LogP contribution in [0.4, 0.5) is 0 Å². The predicted octanol–water partition coefficient (Wildman–Crippen LogP) is 2.76. The summed E-state index contributed by atoms with van der Waals surface area (Å²) < 4.78 is 10.8. The van der Waals surface area contributed by atoms with Crippen LogP contribution in [0.5, 0.6) is 11.5 Å². The van der Waals surface area contributed by atoms with Crippen LogP contribution in [0.2, 0.25) is 0 Å². The van der Waals surface area contributed by atoms with Crippen molar-refractivity contribution in [3.63, 3.8) is 0 Å². The fraction of sp³-hybridized carbons (Fsp3) is 0.200. The summed E-state index contributed by atoms with van der Waals surface area (Å²) in [6.07, 6.45) is 3.32. The lowest BCUT2D eigenvalue weighted by Crippen LogP contribution is -2.04. The Morgan fingerprint density at radius 2 is 1.95 bits per heavy atom. The number of ether oxygens (including phenoxy) is 2. The van der Waals surface area contributed by atoms with Crippen LogP contribution in [0, 0.1) is 0 Å². The van der Waals surface area contributed by atoms with Crippen molar-refractivity contribution >= 4 is 5.97 Å². The quantitative estimate of drug-likeness (QED) is 0.876. The smallest absolute Gasteiger partial charge is 0.339 e. The summed E-state index contributed by atoms with van der Waals surface area (Å²) in [5.41, 5.74) is 1.01. The zero-order valence-electron chi connectivity index (χ0n) is 11.1. The minimum atomic E-state index is -1.05. The summed E-state index contributed by atoms with van der Waals surface area (Å²) >= 11 is 0. The molecule has 2 rings (SSSR count). The molecule has 1 heterocycles. The normalized spacial score (nSPS) is 10.1. The summed E-state index contributed by atoms with van der Waals surface area (Å²) in [6.45, 7) is 2.61. The minimum absolute atomic E-state index is 0.0880. The van der Waals surface area contributed by atoms with Crippen molar-refractivity contribution in [2.24, 2.45) is 0 Å². The fourth-order valence-electron chi connectivity index (χ4n) is 1.70. The molecule has 0 saturated carbocycles. The van der Waals surface area contributed by atoms with Crippen molar-refractivity contribution in [3.8, 4) is 11.5 Å². The van der Waals surface area contributed by atoms with Crippen LogP contribution in [-0.4, -0.2) is 22.7 Å². The molecule has 0 amide bonds. The molecular formula is C15H15NO4. The van der Waals surface area contributed by atoms with Crippen molar-refractivity contribution in [3.05, 3.63) is 53.9 Å². The molecule has 1 N–H and O–H groups in total. The van der Waals surface area contributed by atoms with E-state index in [9.17, 15) is 9.90 Å². The third-order valence-electron chi connectivity index (χ3n) is 2.64. The molecule has 2 aromatic rings. The number of carbonyl (C=O) groups is 1. The van der Waals surface area contributed by atoms with Gasteiger partial charge in [0.2, 0.25) is 0 Å². The molecule has 5 heteroatoms. The lowest BCUT2D eigenvalue weighted by Gasteiger charge is -2.11. The van der Waals surface area contributed by atoms with Crippen molar-refractivity contribution in [1.29, 1.82) is 0 Å². The lowest BCUT2D eigenvalue weighted by molar-refractivity contribution is 0.0691. The summed E-state index contributed by atoms with van der Waals surface area (Å²) in [5, 5.41) is 9.21. The highest BCUT2D eigenvalue weighted by atomic mass is 16.5.